The van der Waals surface area contributed by atoms with Gasteiger partial charge in [-0.3, -0.25) is 4.79 Å². The van der Waals surface area contributed by atoms with Crippen molar-refractivity contribution in [2.45, 2.75) is 13.5 Å². The number of allylic oxidation sites excluding steroid dienone is 1. The number of benzene rings is 2. The van der Waals surface area contributed by atoms with Crippen molar-refractivity contribution in [3.8, 4) is 0 Å². The fraction of sp³-hybridized carbons (Fsp3) is 0.100. The number of hydrogen-bond acceptors (Lipinski definition) is 3. The summed E-state index contributed by atoms with van der Waals surface area (Å²) in [6.07, 6.45) is 1.78. The number of carbonyl (C=O) groups excluding carboxylic acids is 1. The van der Waals surface area contributed by atoms with Crippen molar-refractivity contribution in [2.75, 3.05) is 0 Å². The smallest absolute Gasteiger partial charge is 0.291 e. The summed E-state index contributed by atoms with van der Waals surface area (Å²) >= 11 is 15.5. The van der Waals surface area contributed by atoms with Crippen molar-refractivity contribution in [2.24, 2.45) is 4.99 Å². The lowest BCUT2D eigenvalue weighted by Gasteiger charge is -2.05. The molecule has 4 aromatic rings. The van der Waals surface area contributed by atoms with Gasteiger partial charge in [0.25, 0.3) is 5.91 Å². The number of amides is 1. The van der Waals surface area contributed by atoms with Gasteiger partial charge in [-0.15, -0.1) is 17.9 Å². The quantitative estimate of drug-likeness (QED) is 0.342. The monoisotopic (exact) mass is 432 g/mol. The van der Waals surface area contributed by atoms with Crippen LogP contribution in [0.1, 0.15) is 15.2 Å². The van der Waals surface area contributed by atoms with E-state index in [4.69, 9.17) is 23.2 Å². The van der Waals surface area contributed by atoms with Gasteiger partial charge in [-0.05, 0) is 30.7 Å². The van der Waals surface area contributed by atoms with E-state index in [1.54, 1.807) is 6.08 Å². The molecular weight excluding hydrogens is 419 g/mol. The van der Waals surface area contributed by atoms with E-state index in [1.807, 2.05) is 47.9 Å². The zero-order chi connectivity index (χ0) is 19.1. The molecule has 0 aliphatic carbocycles. The van der Waals surface area contributed by atoms with Gasteiger partial charge in [0.05, 0.1) is 15.2 Å². The predicted octanol–water partition coefficient (Wildman–Crippen LogP) is 6.46. The van der Waals surface area contributed by atoms with E-state index >= 15 is 0 Å². The molecule has 0 unspecified atom stereocenters. The average Bonchev–Trinajstić information content (AvgIpc) is 3.18. The zero-order valence-electron chi connectivity index (χ0n) is 14.3. The number of aryl methyl sites for hydroxylation is 1. The molecule has 4 rings (SSSR count). The van der Waals surface area contributed by atoms with Crippen LogP contribution in [0.2, 0.25) is 10.0 Å². The Balaban J connectivity index is 1.92. The van der Waals surface area contributed by atoms with Gasteiger partial charge >= 0.3 is 0 Å². The molecule has 2 aromatic heterocycles. The summed E-state index contributed by atoms with van der Waals surface area (Å²) in [5.41, 5.74) is 1.93. The van der Waals surface area contributed by atoms with E-state index in [0.29, 0.717) is 26.3 Å². The van der Waals surface area contributed by atoms with Crippen LogP contribution in [0, 0.1) is 6.92 Å². The number of thiophene rings is 1. The van der Waals surface area contributed by atoms with Crippen LogP contribution in [0.4, 0.5) is 0 Å². The molecule has 0 saturated heterocycles. The number of rotatable bonds is 3. The lowest BCUT2D eigenvalue weighted by Crippen LogP contribution is -2.16. The summed E-state index contributed by atoms with van der Waals surface area (Å²) in [4.78, 5) is 18.3. The molecule has 7 heteroatoms. The van der Waals surface area contributed by atoms with Gasteiger partial charge in [-0.1, -0.05) is 58.8 Å². The largest absolute Gasteiger partial charge is 0.312 e. The Hall–Kier alpha value is -1.92. The molecule has 2 heterocycles. The first-order chi connectivity index (χ1) is 13.0. The Morgan fingerprint density at radius 3 is 2.70 bits per heavy atom. The first kappa shape index (κ1) is 18.4. The Morgan fingerprint density at radius 2 is 1.96 bits per heavy atom. The maximum absolute atomic E-state index is 12.9. The highest BCUT2D eigenvalue weighted by atomic mass is 35.5. The number of fused-ring (bicyclic) bond motifs is 2. The summed E-state index contributed by atoms with van der Waals surface area (Å²) in [6, 6.07) is 11.5. The highest BCUT2D eigenvalue weighted by molar-refractivity contribution is 7.21. The molecule has 0 bridgehead atoms. The minimum Gasteiger partial charge on any atom is -0.312 e. The second kappa shape index (κ2) is 7.24. The molecule has 136 valence electrons. The van der Waals surface area contributed by atoms with Crippen molar-refractivity contribution in [1.82, 2.24) is 4.57 Å². The summed E-state index contributed by atoms with van der Waals surface area (Å²) in [6.45, 7) is 6.32. The summed E-state index contributed by atoms with van der Waals surface area (Å²) in [7, 11) is 0. The van der Waals surface area contributed by atoms with E-state index in [0.717, 1.165) is 25.9 Å². The zero-order valence-corrected chi connectivity index (χ0v) is 17.5. The van der Waals surface area contributed by atoms with Crippen molar-refractivity contribution >= 4 is 72.1 Å². The van der Waals surface area contributed by atoms with Crippen LogP contribution in [0.5, 0.6) is 0 Å². The van der Waals surface area contributed by atoms with E-state index in [1.165, 1.54) is 22.7 Å². The molecule has 0 atom stereocenters. The normalized spacial score (nSPS) is 12.2. The SMILES string of the molecule is C=CCn1c(=NC(=O)c2sc3ccccc3c2Cl)sc2ccc(Cl)c(C)c21. The standard InChI is InChI=1S/C20H14Cl2N2OS2/c1-3-10-24-17-11(2)13(21)8-9-15(17)27-20(24)23-19(25)18-16(22)12-6-4-5-7-14(12)26-18/h3-9H,1,10H2,2H3. The van der Waals surface area contributed by atoms with Crippen molar-refractivity contribution in [3.63, 3.8) is 0 Å². The molecule has 0 radical (unpaired) electrons. The second-order valence-electron chi connectivity index (χ2n) is 5.96. The van der Waals surface area contributed by atoms with Crippen LogP contribution in [0.15, 0.2) is 54.0 Å². The van der Waals surface area contributed by atoms with E-state index in [9.17, 15) is 4.79 Å². The molecule has 0 N–H and O–H groups in total. The average molecular weight is 433 g/mol. The molecule has 1 amide bonds. The van der Waals surface area contributed by atoms with E-state index in [2.05, 4.69) is 11.6 Å². The first-order valence-electron chi connectivity index (χ1n) is 8.16. The van der Waals surface area contributed by atoms with Gasteiger partial charge in [0.2, 0.25) is 0 Å². The topological polar surface area (TPSA) is 34.4 Å². The molecular formula is C20H14Cl2N2OS2. The summed E-state index contributed by atoms with van der Waals surface area (Å²) in [5.74, 6) is -0.339. The summed E-state index contributed by atoms with van der Waals surface area (Å²) in [5, 5.41) is 2.02. The predicted molar refractivity (Wildman–Crippen MR) is 116 cm³/mol. The number of halogens is 2. The molecule has 0 spiro atoms. The molecule has 3 nitrogen and oxygen atoms in total. The minimum atomic E-state index is -0.339. The number of thiazole rings is 1. The van der Waals surface area contributed by atoms with Crippen LogP contribution in [0.25, 0.3) is 20.3 Å². The van der Waals surface area contributed by atoms with Crippen molar-refractivity contribution in [1.29, 1.82) is 0 Å². The molecule has 0 aliphatic rings. The van der Waals surface area contributed by atoms with Gasteiger partial charge in [-0.2, -0.15) is 4.99 Å². The Kier molecular flexibility index (Phi) is 4.95. The molecule has 2 aromatic carbocycles. The fourth-order valence-electron chi connectivity index (χ4n) is 2.99. The third-order valence-electron chi connectivity index (χ3n) is 4.27. The second-order valence-corrected chi connectivity index (χ2v) is 8.81. The van der Waals surface area contributed by atoms with Gasteiger partial charge in [0.15, 0.2) is 4.80 Å². The molecule has 0 fully saturated rings. The Bertz CT molecular complexity index is 1280. The number of aromatic nitrogens is 1. The number of carbonyl (C=O) groups is 1. The van der Waals surface area contributed by atoms with Gasteiger partial charge in [0, 0.05) is 21.7 Å². The number of nitrogens with zero attached hydrogens (tertiary/aromatic N) is 2. The van der Waals surface area contributed by atoms with E-state index < -0.39 is 0 Å². The van der Waals surface area contributed by atoms with Crippen LogP contribution < -0.4 is 4.80 Å². The lowest BCUT2D eigenvalue weighted by atomic mass is 10.2. The Morgan fingerprint density at radius 1 is 1.19 bits per heavy atom. The maximum Gasteiger partial charge on any atom is 0.291 e. The van der Waals surface area contributed by atoms with Gasteiger partial charge < -0.3 is 4.57 Å². The maximum atomic E-state index is 12.9. The van der Waals surface area contributed by atoms with Gasteiger partial charge in [-0.25, -0.2) is 0 Å². The van der Waals surface area contributed by atoms with Crippen molar-refractivity contribution < 1.29 is 4.79 Å². The van der Waals surface area contributed by atoms with Crippen molar-refractivity contribution in [3.05, 3.63) is 74.3 Å². The van der Waals surface area contributed by atoms with Crippen LogP contribution in [-0.4, -0.2) is 10.5 Å². The van der Waals surface area contributed by atoms with Gasteiger partial charge in [0.1, 0.15) is 4.88 Å². The van der Waals surface area contributed by atoms with Crippen LogP contribution in [0.3, 0.4) is 0 Å². The summed E-state index contributed by atoms with van der Waals surface area (Å²) < 4.78 is 3.96. The Labute approximate surface area is 173 Å². The first-order valence-corrected chi connectivity index (χ1v) is 10.6. The highest BCUT2D eigenvalue weighted by Gasteiger charge is 2.18. The lowest BCUT2D eigenvalue weighted by molar-refractivity contribution is 0.100. The van der Waals surface area contributed by atoms with Crippen LogP contribution in [-0.2, 0) is 6.54 Å². The van der Waals surface area contributed by atoms with E-state index in [-0.39, 0.29) is 5.91 Å². The third kappa shape index (κ3) is 3.15. The molecule has 27 heavy (non-hydrogen) atoms. The molecule has 0 saturated carbocycles. The molecule has 0 aliphatic heterocycles. The fourth-order valence-corrected chi connectivity index (χ4v) is 5.63. The number of hydrogen-bond donors (Lipinski definition) is 0. The third-order valence-corrected chi connectivity index (χ3v) is 7.38. The highest BCUT2D eigenvalue weighted by Crippen LogP contribution is 2.35. The minimum absolute atomic E-state index is 0.339. The van der Waals surface area contributed by atoms with Crippen LogP contribution >= 0.6 is 45.9 Å².